The molecule has 0 spiro atoms. The number of amides is 1. The maximum absolute atomic E-state index is 12.8. The molecule has 1 aromatic heterocycles. The van der Waals surface area contributed by atoms with E-state index < -0.39 is 10.0 Å². The van der Waals surface area contributed by atoms with E-state index in [0.717, 1.165) is 37.2 Å². The van der Waals surface area contributed by atoms with Crippen molar-refractivity contribution in [1.82, 2.24) is 9.21 Å². The number of carbonyl (C=O) groups is 1. The first-order valence-corrected chi connectivity index (χ1v) is 11.3. The Balaban J connectivity index is 1.48. The Hall–Kier alpha value is -1.90. The number of hydrogen-bond acceptors (Lipinski definition) is 5. The number of rotatable bonds is 4. The minimum atomic E-state index is -3.44. The summed E-state index contributed by atoms with van der Waals surface area (Å²) in [6, 6.07) is 7.32. The first-order chi connectivity index (χ1) is 12.9. The molecule has 144 valence electrons. The van der Waals surface area contributed by atoms with Gasteiger partial charge in [0.1, 0.15) is 0 Å². The fraction of sp³-hybridized carbons (Fsp3) is 0.421. The number of nitrogens with zero attached hydrogens (tertiary/aromatic N) is 3. The Morgan fingerprint density at radius 3 is 2.74 bits per heavy atom. The number of benzene rings is 1. The first kappa shape index (κ1) is 18.5. The fourth-order valence-electron chi connectivity index (χ4n) is 3.71. The van der Waals surface area contributed by atoms with Gasteiger partial charge in [-0.3, -0.25) is 4.79 Å². The van der Waals surface area contributed by atoms with Gasteiger partial charge in [0, 0.05) is 44.3 Å². The molecule has 2 aromatic rings. The fourth-order valence-corrected chi connectivity index (χ4v) is 5.55. The molecule has 1 aromatic carbocycles. The summed E-state index contributed by atoms with van der Waals surface area (Å²) in [6.45, 7) is 2.54. The van der Waals surface area contributed by atoms with Gasteiger partial charge in [-0.2, -0.15) is 0 Å². The van der Waals surface area contributed by atoms with E-state index in [4.69, 9.17) is 0 Å². The third-order valence-corrected chi connectivity index (χ3v) is 8.14. The molecule has 2 aliphatic rings. The maximum atomic E-state index is 12.8. The average molecular weight is 406 g/mol. The highest BCUT2D eigenvalue weighted by Crippen LogP contribution is 2.31. The van der Waals surface area contributed by atoms with Crippen molar-refractivity contribution in [2.24, 2.45) is 0 Å². The Morgan fingerprint density at radius 2 is 1.96 bits per heavy atom. The summed E-state index contributed by atoms with van der Waals surface area (Å²) >= 11 is 1.77. The smallest absolute Gasteiger partial charge is 0.242 e. The summed E-state index contributed by atoms with van der Waals surface area (Å²) in [4.78, 5) is 18.5. The molecule has 0 bridgehead atoms. The number of sulfonamides is 1. The lowest BCUT2D eigenvalue weighted by Crippen LogP contribution is -2.42. The average Bonchev–Trinajstić information content (AvgIpc) is 3.27. The first-order valence-electron chi connectivity index (χ1n) is 8.99. The molecule has 3 heterocycles. The maximum Gasteiger partial charge on any atom is 0.242 e. The van der Waals surface area contributed by atoms with Crippen LogP contribution < -0.4 is 4.90 Å². The number of anilines is 1. The van der Waals surface area contributed by atoms with Crippen LogP contribution in [0.15, 0.2) is 34.5 Å². The van der Waals surface area contributed by atoms with Crippen molar-refractivity contribution in [1.29, 1.82) is 0 Å². The van der Waals surface area contributed by atoms with Crippen LogP contribution in [0, 0.1) is 0 Å². The normalized spacial score (nSPS) is 16.6. The van der Waals surface area contributed by atoms with Crippen LogP contribution in [0.25, 0.3) is 0 Å². The van der Waals surface area contributed by atoms with Crippen LogP contribution in [-0.2, 0) is 34.2 Å². The predicted molar refractivity (Wildman–Crippen MR) is 107 cm³/mol. The van der Waals surface area contributed by atoms with Crippen molar-refractivity contribution in [3.63, 3.8) is 0 Å². The molecule has 4 rings (SSSR count). The second-order valence-corrected chi connectivity index (χ2v) is 10.3. The SMILES string of the molecule is CN(C)S(=O)(=O)c1ccc2c(c1)CCN2CC(=O)N1CCc2sccc2C1. The Bertz CT molecular complexity index is 982. The van der Waals surface area contributed by atoms with E-state index in [1.165, 1.54) is 28.8 Å². The summed E-state index contributed by atoms with van der Waals surface area (Å²) in [7, 11) is -0.373. The van der Waals surface area contributed by atoms with Gasteiger partial charge in [-0.25, -0.2) is 12.7 Å². The third-order valence-electron chi connectivity index (χ3n) is 5.31. The zero-order valence-electron chi connectivity index (χ0n) is 15.5. The molecule has 8 heteroatoms. The highest BCUT2D eigenvalue weighted by Gasteiger charge is 2.28. The van der Waals surface area contributed by atoms with Gasteiger partial charge in [0.05, 0.1) is 11.4 Å². The monoisotopic (exact) mass is 405 g/mol. The Kier molecular flexibility index (Phi) is 4.73. The van der Waals surface area contributed by atoms with Crippen LogP contribution >= 0.6 is 11.3 Å². The summed E-state index contributed by atoms with van der Waals surface area (Å²) in [5, 5.41) is 2.09. The summed E-state index contributed by atoms with van der Waals surface area (Å²) in [5.41, 5.74) is 3.22. The third kappa shape index (κ3) is 3.37. The van der Waals surface area contributed by atoms with Crippen LogP contribution in [0.4, 0.5) is 5.69 Å². The van der Waals surface area contributed by atoms with Crippen LogP contribution in [0.3, 0.4) is 0 Å². The van der Waals surface area contributed by atoms with E-state index in [-0.39, 0.29) is 5.91 Å². The van der Waals surface area contributed by atoms with Crippen molar-refractivity contribution < 1.29 is 13.2 Å². The number of fused-ring (bicyclic) bond motifs is 2. The predicted octanol–water partition coefficient (Wildman–Crippen LogP) is 1.95. The Labute approximate surface area is 164 Å². The van der Waals surface area contributed by atoms with Crippen molar-refractivity contribution >= 4 is 33.0 Å². The van der Waals surface area contributed by atoms with Crippen molar-refractivity contribution in [3.8, 4) is 0 Å². The van der Waals surface area contributed by atoms with E-state index in [1.54, 1.807) is 23.5 Å². The molecule has 0 saturated heterocycles. The number of carbonyl (C=O) groups excluding carboxylic acids is 1. The largest absolute Gasteiger partial charge is 0.362 e. The van der Waals surface area contributed by atoms with E-state index >= 15 is 0 Å². The van der Waals surface area contributed by atoms with E-state index in [1.807, 2.05) is 11.0 Å². The van der Waals surface area contributed by atoms with Crippen LogP contribution in [-0.4, -0.2) is 57.3 Å². The molecule has 0 unspecified atom stereocenters. The van der Waals surface area contributed by atoms with Crippen LogP contribution in [0.5, 0.6) is 0 Å². The highest BCUT2D eigenvalue weighted by atomic mass is 32.2. The zero-order valence-corrected chi connectivity index (χ0v) is 17.1. The molecule has 0 N–H and O–H groups in total. The number of thiophene rings is 1. The lowest BCUT2D eigenvalue weighted by Gasteiger charge is -2.29. The van der Waals surface area contributed by atoms with Gasteiger partial charge in [0.25, 0.3) is 0 Å². The van der Waals surface area contributed by atoms with Crippen molar-refractivity contribution in [2.45, 2.75) is 24.3 Å². The van der Waals surface area contributed by atoms with Gasteiger partial charge >= 0.3 is 0 Å². The molecular weight excluding hydrogens is 382 g/mol. The van der Waals surface area contributed by atoms with Crippen LogP contribution in [0.2, 0.25) is 0 Å². The molecule has 0 aliphatic carbocycles. The topological polar surface area (TPSA) is 60.9 Å². The Morgan fingerprint density at radius 1 is 1.15 bits per heavy atom. The van der Waals surface area contributed by atoms with Gasteiger partial charge in [-0.1, -0.05) is 0 Å². The minimum Gasteiger partial charge on any atom is -0.362 e. The van der Waals surface area contributed by atoms with Gasteiger partial charge in [0.15, 0.2) is 0 Å². The molecule has 27 heavy (non-hydrogen) atoms. The van der Waals surface area contributed by atoms with Crippen molar-refractivity contribution in [3.05, 3.63) is 45.6 Å². The number of hydrogen-bond donors (Lipinski definition) is 0. The second-order valence-electron chi connectivity index (χ2n) is 7.18. The van der Waals surface area contributed by atoms with Gasteiger partial charge < -0.3 is 9.80 Å². The van der Waals surface area contributed by atoms with Gasteiger partial charge in [-0.15, -0.1) is 11.3 Å². The van der Waals surface area contributed by atoms with Gasteiger partial charge in [-0.05, 0) is 53.6 Å². The zero-order chi connectivity index (χ0) is 19.2. The van der Waals surface area contributed by atoms with E-state index in [2.05, 4.69) is 16.3 Å². The van der Waals surface area contributed by atoms with Gasteiger partial charge in [0.2, 0.25) is 15.9 Å². The summed E-state index contributed by atoms with van der Waals surface area (Å²) in [6.07, 6.45) is 1.69. The second kappa shape index (κ2) is 6.92. The molecule has 6 nitrogen and oxygen atoms in total. The molecule has 0 radical (unpaired) electrons. The summed E-state index contributed by atoms with van der Waals surface area (Å²) in [5.74, 6) is 0.129. The summed E-state index contributed by atoms with van der Waals surface area (Å²) < 4.78 is 25.9. The molecular formula is C19H23N3O3S2. The van der Waals surface area contributed by atoms with E-state index in [9.17, 15) is 13.2 Å². The molecule has 0 saturated carbocycles. The standard InChI is InChI=1S/C19H23N3O3S2/c1-20(2)27(24,25)16-3-4-17-14(11-16)5-8-21(17)13-19(23)22-9-6-18-15(12-22)7-10-26-18/h3-4,7,10-11H,5-6,8-9,12-13H2,1-2H3. The minimum absolute atomic E-state index is 0.129. The molecule has 1 amide bonds. The highest BCUT2D eigenvalue weighted by molar-refractivity contribution is 7.89. The van der Waals surface area contributed by atoms with E-state index in [0.29, 0.717) is 18.0 Å². The lowest BCUT2D eigenvalue weighted by atomic mass is 10.1. The van der Waals surface area contributed by atoms with Crippen molar-refractivity contribution in [2.75, 3.05) is 38.6 Å². The molecule has 0 fully saturated rings. The lowest BCUT2D eigenvalue weighted by molar-refractivity contribution is -0.130. The quantitative estimate of drug-likeness (QED) is 0.780. The molecule has 0 atom stereocenters. The molecule has 2 aliphatic heterocycles. The van der Waals surface area contributed by atoms with Crippen LogP contribution in [0.1, 0.15) is 16.0 Å².